The van der Waals surface area contributed by atoms with Crippen LogP contribution < -0.4 is 14.9 Å². The molecule has 0 atom stereocenters. The van der Waals surface area contributed by atoms with Gasteiger partial charge in [-0.05, 0) is 44.5 Å². The second-order valence-electron chi connectivity index (χ2n) is 5.37. The Bertz CT molecular complexity index is 771. The van der Waals surface area contributed by atoms with Crippen LogP contribution in [0.4, 0.5) is 5.13 Å². The van der Waals surface area contributed by atoms with Crippen LogP contribution in [-0.4, -0.2) is 37.5 Å². The van der Waals surface area contributed by atoms with Crippen molar-refractivity contribution >= 4 is 28.7 Å². The summed E-state index contributed by atoms with van der Waals surface area (Å²) in [7, 11) is 2.93. The molecule has 1 aromatic carbocycles. The summed E-state index contributed by atoms with van der Waals surface area (Å²) in [5, 5.41) is 4.66. The van der Waals surface area contributed by atoms with Crippen LogP contribution in [0.25, 0.3) is 0 Å². The van der Waals surface area contributed by atoms with Gasteiger partial charge in [0.05, 0.1) is 32.2 Å². The minimum Gasteiger partial charge on any atom is -0.493 e. The van der Waals surface area contributed by atoms with E-state index in [0.717, 1.165) is 5.56 Å². The van der Waals surface area contributed by atoms with E-state index in [0.29, 0.717) is 27.2 Å². The van der Waals surface area contributed by atoms with Crippen molar-refractivity contribution in [3.8, 4) is 11.5 Å². The Morgan fingerprint density at radius 3 is 2.72 bits per heavy atom. The fourth-order valence-electron chi connectivity index (χ4n) is 2.00. The lowest BCUT2D eigenvalue weighted by atomic mass is 10.2. The van der Waals surface area contributed by atoms with Crippen LogP contribution in [0.3, 0.4) is 0 Å². The molecule has 0 spiro atoms. The molecule has 0 aliphatic heterocycles. The first-order chi connectivity index (χ1) is 11.9. The van der Waals surface area contributed by atoms with Crippen molar-refractivity contribution in [2.45, 2.75) is 26.9 Å². The Labute approximate surface area is 150 Å². The van der Waals surface area contributed by atoms with E-state index in [1.165, 1.54) is 18.4 Å². The maximum atomic E-state index is 11.6. The van der Waals surface area contributed by atoms with Crippen molar-refractivity contribution < 1.29 is 19.0 Å². The first-order valence-electron chi connectivity index (χ1n) is 7.64. The number of benzene rings is 1. The number of carbonyl (C=O) groups excluding carboxylic acids is 1. The predicted octanol–water partition coefficient (Wildman–Crippen LogP) is 3.48. The highest BCUT2D eigenvalue weighted by Gasteiger charge is 2.15. The van der Waals surface area contributed by atoms with E-state index >= 15 is 0 Å². The van der Waals surface area contributed by atoms with Crippen molar-refractivity contribution in [3.05, 3.63) is 34.3 Å². The normalized spacial score (nSPS) is 11.0. The molecule has 0 aliphatic rings. The minimum atomic E-state index is -0.405. The van der Waals surface area contributed by atoms with E-state index in [2.05, 4.69) is 15.5 Å². The van der Waals surface area contributed by atoms with Gasteiger partial charge in [0.15, 0.2) is 11.5 Å². The first-order valence-corrected chi connectivity index (χ1v) is 8.45. The Morgan fingerprint density at radius 2 is 2.08 bits per heavy atom. The van der Waals surface area contributed by atoms with E-state index in [1.54, 1.807) is 20.2 Å². The van der Waals surface area contributed by atoms with Crippen LogP contribution in [0.5, 0.6) is 11.5 Å². The molecule has 0 saturated heterocycles. The van der Waals surface area contributed by atoms with Crippen LogP contribution in [-0.2, 0) is 4.74 Å². The summed E-state index contributed by atoms with van der Waals surface area (Å²) in [6.45, 7) is 5.66. The van der Waals surface area contributed by atoms with E-state index in [4.69, 9.17) is 14.2 Å². The molecule has 1 aromatic heterocycles. The van der Waals surface area contributed by atoms with Crippen LogP contribution >= 0.6 is 11.3 Å². The van der Waals surface area contributed by atoms with E-state index < -0.39 is 5.97 Å². The number of methoxy groups -OCH3 is 2. The molecule has 2 aromatic rings. The van der Waals surface area contributed by atoms with Gasteiger partial charge < -0.3 is 14.2 Å². The van der Waals surface area contributed by atoms with Crippen LogP contribution in [0.2, 0.25) is 0 Å². The highest BCUT2D eigenvalue weighted by atomic mass is 32.1. The number of hydrogen-bond acceptors (Lipinski definition) is 8. The second kappa shape index (κ2) is 8.48. The second-order valence-corrected chi connectivity index (χ2v) is 6.37. The van der Waals surface area contributed by atoms with Crippen molar-refractivity contribution in [2.75, 3.05) is 19.6 Å². The van der Waals surface area contributed by atoms with Crippen LogP contribution in [0.15, 0.2) is 23.3 Å². The molecular formula is C17H21N3O4S. The number of anilines is 1. The van der Waals surface area contributed by atoms with Crippen molar-refractivity contribution in [1.29, 1.82) is 0 Å². The SMILES string of the molecule is COC(=O)c1sc(N/N=C/c2ccc(OC(C)C)c(OC)c2)nc1C. The number of nitrogens with one attached hydrogen (secondary N) is 1. The Morgan fingerprint density at radius 1 is 1.32 bits per heavy atom. The van der Waals surface area contributed by atoms with Gasteiger partial charge in [-0.1, -0.05) is 11.3 Å². The van der Waals surface area contributed by atoms with Crippen molar-refractivity contribution in [3.63, 3.8) is 0 Å². The van der Waals surface area contributed by atoms with Gasteiger partial charge in [-0.2, -0.15) is 5.10 Å². The summed E-state index contributed by atoms with van der Waals surface area (Å²) in [5.74, 6) is 0.911. The number of carbonyl (C=O) groups is 1. The number of esters is 1. The van der Waals surface area contributed by atoms with Crippen LogP contribution in [0, 0.1) is 6.92 Å². The summed E-state index contributed by atoms with van der Waals surface area (Å²) in [5.41, 5.74) is 4.25. The molecule has 1 heterocycles. The number of ether oxygens (including phenoxy) is 3. The van der Waals surface area contributed by atoms with Gasteiger partial charge >= 0.3 is 5.97 Å². The third-order valence-corrected chi connectivity index (χ3v) is 4.13. The van der Waals surface area contributed by atoms with Crippen LogP contribution in [0.1, 0.15) is 34.8 Å². The molecular weight excluding hydrogens is 342 g/mol. The van der Waals surface area contributed by atoms with Gasteiger partial charge in [-0.25, -0.2) is 9.78 Å². The molecule has 0 saturated carbocycles. The fraction of sp³-hybridized carbons (Fsp3) is 0.353. The monoisotopic (exact) mass is 363 g/mol. The van der Waals surface area contributed by atoms with Crippen molar-refractivity contribution in [2.24, 2.45) is 5.10 Å². The average Bonchev–Trinajstić information content (AvgIpc) is 2.95. The number of thiazole rings is 1. The fourth-order valence-corrected chi connectivity index (χ4v) is 2.84. The van der Waals surface area contributed by atoms with Gasteiger partial charge in [0.2, 0.25) is 5.13 Å². The first kappa shape index (κ1) is 18.7. The zero-order valence-corrected chi connectivity index (χ0v) is 15.6. The number of aromatic nitrogens is 1. The highest BCUT2D eigenvalue weighted by Crippen LogP contribution is 2.28. The lowest BCUT2D eigenvalue weighted by Gasteiger charge is -2.13. The molecule has 0 unspecified atom stereocenters. The topological polar surface area (TPSA) is 82.0 Å². The number of hydrogen-bond donors (Lipinski definition) is 1. The smallest absolute Gasteiger partial charge is 0.350 e. The number of aryl methyl sites for hydroxylation is 1. The van der Waals surface area contributed by atoms with E-state index in [-0.39, 0.29) is 6.10 Å². The molecule has 0 aliphatic carbocycles. The molecule has 25 heavy (non-hydrogen) atoms. The molecule has 0 amide bonds. The van der Waals surface area contributed by atoms with Crippen molar-refractivity contribution in [1.82, 2.24) is 4.98 Å². The lowest BCUT2D eigenvalue weighted by Crippen LogP contribution is -2.06. The third kappa shape index (κ3) is 4.93. The molecule has 0 bridgehead atoms. The third-order valence-electron chi connectivity index (χ3n) is 3.09. The maximum Gasteiger partial charge on any atom is 0.350 e. The molecule has 7 nitrogen and oxygen atoms in total. The summed E-state index contributed by atoms with van der Waals surface area (Å²) < 4.78 is 15.7. The van der Waals surface area contributed by atoms with Gasteiger partial charge in [-0.3, -0.25) is 5.43 Å². The van der Waals surface area contributed by atoms with Gasteiger partial charge in [0.1, 0.15) is 4.88 Å². The van der Waals surface area contributed by atoms with E-state index in [1.807, 2.05) is 32.0 Å². The molecule has 2 rings (SSSR count). The minimum absolute atomic E-state index is 0.0623. The zero-order valence-electron chi connectivity index (χ0n) is 14.8. The largest absolute Gasteiger partial charge is 0.493 e. The Balaban J connectivity index is 2.08. The Hall–Kier alpha value is -2.61. The standard InChI is InChI=1S/C17H21N3O4S/c1-10(2)24-13-7-6-12(8-14(13)22-4)9-18-20-17-19-11(3)15(25-17)16(21)23-5/h6-10H,1-5H3,(H,19,20)/b18-9+. The highest BCUT2D eigenvalue weighted by molar-refractivity contribution is 7.17. The van der Waals surface area contributed by atoms with Gasteiger partial charge in [-0.15, -0.1) is 0 Å². The zero-order chi connectivity index (χ0) is 18.4. The van der Waals surface area contributed by atoms with Gasteiger partial charge in [0.25, 0.3) is 0 Å². The average molecular weight is 363 g/mol. The molecule has 134 valence electrons. The maximum absolute atomic E-state index is 11.6. The Kier molecular flexibility index (Phi) is 6.35. The quantitative estimate of drug-likeness (QED) is 0.461. The molecule has 0 radical (unpaired) electrons. The predicted molar refractivity (Wildman–Crippen MR) is 98.2 cm³/mol. The number of rotatable bonds is 7. The summed E-state index contributed by atoms with van der Waals surface area (Å²) in [6, 6.07) is 5.54. The molecule has 8 heteroatoms. The molecule has 0 fully saturated rings. The molecule has 1 N–H and O–H groups in total. The summed E-state index contributed by atoms with van der Waals surface area (Å²) in [6.07, 6.45) is 1.70. The van der Waals surface area contributed by atoms with Gasteiger partial charge in [0, 0.05) is 0 Å². The number of hydrazone groups is 1. The summed E-state index contributed by atoms with van der Waals surface area (Å²) >= 11 is 1.19. The summed E-state index contributed by atoms with van der Waals surface area (Å²) in [4.78, 5) is 16.3. The van der Waals surface area contributed by atoms with E-state index in [9.17, 15) is 4.79 Å². The number of nitrogens with zero attached hydrogens (tertiary/aromatic N) is 2. The lowest BCUT2D eigenvalue weighted by molar-refractivity contribution is 0.0605.